The summed E-state index contributed by atoms with van der Waals surface area (Å²) in [5.41, 5.74) is 1.98. The number of hydrogen-bond donors (Lipinski definition) is 2. The Morgan fingerprint density at radius 3 is 2.64 bits per heavy atom. The highest BCUT2D eigenvalue weighted by Gasteiger charge is 2.18. The van der Waals surface area contributed by atoms with Gasteiger partial charge in [-0.2, -0.15) is 0 Å². The van der Waals surface area contributed by atoms with Gasteiger partial charge in [0, 0.05) is 30.9 Å². The average Bonchev–Trinajstić information content (AvgIpc) is 2.62. The summed E-state index contributed by atoms with van der Waals surface area (Å²) in [5, 5.41) is 5.59. The number of nitrogens with zero attached hydrogens (tertiary/aromatic N) is 1. The summed E-state index contributed by atoms with van der Waals surface area (Å²) in [6.07, 6.45) is 1.46. The van der Waals surface area contributed by atoms with Gasteiger partial charge in [0.25, 0.3) is 0 Å². The molecule has 0 radical (unpaired) electrons. The number of hydrogen-bond acceptors (Lipinski definition) is 2. The first kappa shape index (κ1) is 17.0. The minimum absolute atomic E-state index is 0.104. The Balaban J connectivity index is 1.55. The maximum atomic E-state index is 13.6. The van der Waals surface area contributed by atoms with Crippen molar-refractivity contribution in [2.75, 3.05) is 23.3 Å². The molecule has 0 aliphatic carbocycles. The van der Waals surface area contributed by atoms with Crippen LogP contribution in [0.15, 0.2) is 48.5 Å². The summed E-state index contributed by atoms with van der Waals surface area (Å²) >= 11 is 0. The lowest BCUT2D eigenvalue weighted by Gasteiger charge is -2.27. The van der Waals surface area contributed by atoms with Gasteiger partial charge in [0.15, 0.2) is 0 Å². The second kappa shape index (κ2) is 7.79. The predicted molar refractivity (Wildman–Crippen MR) is 95.2 cm³/mol. The van der Waals surface area contributed by atoms with Crippen LogP contribution < -0.4 is 15.5 Å². The zero-order valence-electron chi connectivity index (χ0n) is 13.8. The fourth-order valence-electron chi connectivity index (χ4n) is 2.77. The Morgan fingerprint density at radius 1 is 1.16 bits per heavy atom. The molecule has 3 amide bonds. The molecule has 0 aromatic heterocycles. The van der Waals surface area contributed by atoms with Gasteiger partial charge in [0.2, 0.25) is 5.91 Å². The summed E-state index contributed by atoms with van der Waals surface area (Å²) < 4.78 is 13.6. The molecule has 0 saturated carbocycles. The van der Waals surface area contributed by atoms with Crippen molar-refractivity contribution in [2.24, 2.45) is 0 Å². The van der Waals surface area contributed by atoms with Crippen molar-refractivity contribution in [1.29, 1.82) is 0 Å². The Hall–Kier alpha value is -2.89. The molecular weight excluding hydrogens is 321 g/mol. The van der Waals surface area contributed by atoms with Gasteiger partial charge in [-0.25, -0.2) is 9.18 Å². The van der Waals surface area contributed by atoms with Crippen molar-refractivity contribution in [3.8, 4) is 0 Å². The summed E-state index contributed by atoms with van der Waals surface area (Å²) in [5.74, 6) is -0.467. The molecule has 25 heavy (non-hydrogen) atoms. The molecule has 130 valence electrons. The van der Waals surface area contributed by atoms with Crippen LogP contribution in [0.5, 0.6) is 0 Å². The fourth-order valence-corrected chi connectivity index (χ4v) is 2.77. The SMILES string of the molecule is O=C(CCc1ccccc1F)Nc1ccc(N2CCCNC2=O)cc1. The first-order chi connectivity index (χ1) is 12.1. The number of nitrogens with one attached hydrogen (secondary N) is 2. The van der Waals surface area contributed by atoms with Gasteiger partial charge < -0.3 is 10.6 Å². The van der Waals surface area contributed by atoms with E-state index in [4.69, 9.17) is 0 Å². The van der Waals surface area contributed by atoms with E-state index < -0.39 is 0 Å². The van der Waals surface area contributed by atoms with Crippen LogP contribution in [-0.2, 0) is 11.2 Å². The second-order valence-corrected chi connectivity index (χ2v) is 5.92. The third kappa shape index (κ3) is 4.35. The number of aryl methyl sites for hydroxylation is 1. The van der Waals surface area contributed by atoms with Gasteiger partial charge in [-0.3, -0.25) is 9.69 Å². The molecule has 1 heterocycles. The normalized spacial score (nSPS) is 14.1. The highest BCUT2D eigenvalue weighted by atomic mass is 19.1. The molecule has 1 fully saturated rings. The van der Waals surface area contributed by atoms with Gasteiger partial charge in [0.05, 0.1) is 0 Å². The predicted octanol–water partition coefficient (Wildman–Crippen LogP) is 3.32. The van der Waals surface area contributed by atoms with E-state index in [1.165, 1.54) is 6.07 Å². The van der Waals surface area contributed by atoms with E-state index in [9.17, 15) is 14.0 Å². The van der Waals surface area contributed by atoms with Crippen molar-refractivity contribution < 1.29 is 14.0 Å². The molecule has 2 aromatic carbocycles. The lowest BCUT2D eigenvalue weighted by atomic mass is 10.1. The smallest absolute Gasteiger partial charge is 0.321 e. The van der Waals surface area contributed by atoms with E-state index in [0.717, 1.165) is 12.1 Å². The molecule has 3 rings (SSSR count). The van der Waals surface area contributed by atoms with Crippen LogP contribution >= 0.6 is 0 Å². The molecule has 1 saturated heterocycles. The highest BCUT2D eigenvalue weighted by molar-refractivity contribution is 5.94. The van der Waals surface area contributed by atoms with Crippen molar-refractivity contribution in [3.63, 3.8) is 0 Å². The van der Waals surface area contributed by atoms with E-state index >= 15 is 0 Å². The Morgan fingerprint density at radius 2 is 1.92 bits per heavy atom. The van der Waals surface area contributed by atoms with Crippen LogP contribution in [-0.4, -0.2) is 25.0 Å². The molecule has 5 nitrogen and oxygen atoms in total. The van der Waals surface area contributed by atoms with Crippen molar-refractivity contribution >= 4 is 23.3 Å². The first-order valence-electron chi connectivity index (χ1n) is 8.32. The molecule has 0 atom stereocenters. The first-order valence-corrected chi connectivity index (χ1v) is 8.32. The van der Waals surface area contributed by atoms with Crippen LogP contribution in [0.3, 0.4) is 0 Å². The molecule has 2 N–H and O–H groups in total. The maximum absolute atomic E-state index is 13.6. The van der Waals surface area contributed by atoms with Crippen LogP contribution in [0.4, 0.5) is 20.6 Å². The zero-order valence-corrected chi connectivity index (χ0v) is 13.8. The van der Waals surface area contributed by atoms with Crippen molar-refractivity contribution in [1.82, 2.24) is 5.32 Å². The summed E-state index contributed by atoms with van der Waals surface area (Å²) in [4.78, 5) is 25.5. The molecule has 2 aromatic rings. The minimum Gasteiger partial charge on any atom is -0.338 e. The zero-order chi connectivity index (χ0) is 17.6. The minimum atomic E-state index is -0.292. The van der Waals surface area contributed by atoms with Crippen LogP contribution in [0.25, 0.3) is 0 Å². The highest BCUT2D eigenvalue weighted by Crippen LogP contribution is 2.20. The Labute approximate surface area is 145 Å². The van der Waals surface area contributed by atoms with Crippen molar-refractivity contribution in [2.45, 2.75) is 19.3 Å². The summed E-state index contributed by atoms with van der Waals surface area (Å²) in [7, 11) is 0. The van der Waals surface area contributed by atoms with Crippen LogP contribution in [0.1, 0.15) is 18.4 Å². The lowest BCUT2D eigenvalue weighted by molar-refractivity contribution is -0.116. The summed E-state index contributed by atoms with van der Waals surface area (Å²) in [6.45, 7) is 1.38. The topological polar surface area (TPSA) is 61.4 Å². The molecule has 1 aliphatic rings. The number of urea groups is 1. The number of carbonyl (C=O) groups is 2. The maximum Gasteiger partial charge on any atom is 0.321 e. The Kier molecular flexibility index (Phi) is 5.28. The van der Waals surface area contributed by atoms with Gasteiger partial charge in [0.1, 0.15) is 5.82 Å². The van der Waals surface area contributed by atoms with E-state index in [0.29, 0.717) is 30.8 Å². The lowest BCUT2D eigenvalue weighted by Crippen LogP contribution is -2.46. The molecule has 0 unspecified atom stereocenters. The van der Waals surface area contributed by atoms with Gasteiger partial charge in [-0.15, -0.1) is 0 Å². The van der Waals surface area contributed by atoms with E-state index in [-0.39, 0.29) is 24.2 Å². The van der Waals surface area contributed by atoms with Crippen LogP contribution in [0.2, 0.25) is 0 Å². The number of rotatable bonds is 5. The van der Waals surface area contributed by atoms with Gasteiger partial charge in [-0.1, -0.05) is 18.2 Å². The van der Waals surface area contributed by atoms with E-state index in [2.05, 4.69) is 10.6 Å². The van der Waals surface area contributed by atoms with E-state index in [1.54, 1.807) is 47.4 Å². The van der Waals surface area contributed by atoms with Crippen molar-refractivity contribution in [3.05, 3.63) is 59.9 Å². The average molecular weight is 341 g/mol. The molecule has 1 aliphatic heterocycles. The fraction of sp³-hybridized carbons (Fsp3) is 0.263. The molecular formula is C19H20FN3O2. The van der Waals surface area contributed by atoms with Gasteiger partial charge in [-0.05, 0) is 48.7 Å². The molecule has 0 spiro atoms. The molecule has 0 bridgehead atoms. The largest absolute Gasteiger partial charge is 0.338 e. The number of amides is 3. The monoisotopic (exact) mass is 341 g/mol. The Bertz CT molecular complexity index is 762. The summed E-state index contributed by atoms with van der Waals surface area (Å²) in [6, 6.07) is 13.5. The van der Waals surface area contributed by atoms with E-state index in [1.807, 2.05) is 0 Å². The standard InChI is InChI=1S/C19H20FN3O2/c20-17-5-2-1-4-14(17)6-11-18(24)22-15-7-9-16(10-8-15)23-13-3-12-21-19(23)25/h1-2,4-5,7-10H,3,6,11-13H2,(H,21,25)(H,22,24). The third-order valence-electron chi connectivity index (χ3n) is 4.12. The van der Waals surface area contributed by atoms with Crippen LogP contribution in [0, 0.1) is 5.82 Å². The molecule has 6 heteroatoms. The quantitative estimate of drug-likeness (QED) is 0.876. The van der Waals surface area contributed by atoms with Gasteiger partial charge >= 0.3 is 6.03 Å². The number of halogens is 1. The number of carbonyl (C=O) groups excluding carboxylic acids is 2. The number of benzene rings is 2. The second-order valence-electron chi connectivity index (χ2n) is 5.92. The third-order valence-corrected chi connectivity index (χ3v) is 4.12. The number of anilines is 2.